The largest absolute Gasteiger partial charge is 0.480 e. The number of rotatable bonds is 6. The molecule has 8 nitrogen and oxygen atoms in total. The van der Waals surface area contributed by atoms with Crippen molar-refractivity contribution in [3.05, 3.63) is 41.3 Å². The van der Waals surface area contributed by atoms with Gasteiger partial charge >= 0.3 is 6.09 Å². The fraction of sp³-hybridized carbons (Fsp3) is 0.385. The van der Waals surface area contributed by atoms with Crippen LogP contribution in [0, 0.1) is 18.7 Å². The second-order valence-corrected chi connectivity index (χ2v) is 10.8. The third kappa shape index (κ3) is 4.19. The predicted molar refractivity (Wildman–Crippen MR) is 136 cm³/mol. The third-order valence-electron chi connectivity index (χ3n) is 6.38. The van der Waals surface area contributed by atoms with E-state index < -0.39 is 23.6 Å². The van der Waals surface area contributed by atoms with E-state index in [1.807, 2.05) is 39.8 Å². The van der Waals surface area contributed by atoms with Crippen molar-refractivity contribution in [1.82, 2.24) is 15.0 Å². The minimum absolute atomic E-state index is 0.167. The molecule has 2 atom stereocenters. The minimum atomic E-state index is -0.959. The Morgan fingerprint density at radius 2 is 2.06 bits per heavy atom. The summed E-state index contributed by atoms with van der Waals surface area (Å²) in [5.41, 5.74) is 8.81. The lowest BCUT2D eigenvalue weighted by atomic mass is 9.88. The average molecular weight is 511 g/mol. The van der Waals surface area contributed by atoms with E-state index in [9.17, 15) is 4.79 Å². The molecule has 1 amide bonds. The van der Waals surface area contributed by atoms with Crippen LogP contribution in [-0.2, 0) is 11.2 Å². The zero-order valence-corrected chi connectivity index (χ0v) is 21.5. The number of fused-ring (bicyclic) bond motifs is 4. The van der Waals surface area contributed by atoms with Gasteiger partial charge in [0.05, 0.1) is 34.6 Å². The molecule has 0 spiro atoms. The molecule has 0 radical (unpaired) electrons. The molecular formula is C26H27FN4O4S. The lowest BCUT2D eigenvalue weighted by molar-refractivity contribution is -0.0444. The van der Waals surface area contributed by atoms with Crippen molar-refractivity contribution in [1.29, 1.82) is 0 Å². The molecule has 1 aliphatic heterocycles. The maximum Gasteiger partial charge on any atom is 0.404 e. The Bertz CT molecular complexity index is 1500. The normalized spacial score (nSPS) is 17.9. The molecule has 0 unspecified atom stereocenters. The third-order valence-corrected chi connectivity index (χ3v) is 7.54. The SMILES string of the molecule is COc1cnc2c(-c3nc4cc(F)c5c(c4s3)C[C@@](C)([C@H](CC(C)C)OC(N)=O)O5)cc(C)cc2n1. The summed E-state index contributed by atoms with van der Waals surface area (Å²) < 4.78 is 32.9. The number of primary amides is 1. The van der Waals surface area contributed by atoms with Crippen molar-refractivity contribution in [2.24, 2.45) is 11.7 Å². The fourth-order valence-corrected chi connectivity index (χ4v) is 5.86. The lowest BCUT2D eigenvalue weighted by Gasteiger charge is -2.33. The first-order chi connectivity index (χ1) is 17.1. The number of methoxy groups -OCH3 is 1. The Morgan fingerprint density at radius 3 is 2.75 bits per heavy atom. The summed E-state index contributed by atoms with van der Waals surface area (Å²) in [5.74, 6) is 0.307. The highest BCUT2D eigenvalue weighted by atomic mass is 32.1. The Hall–Kier alpha value is -3.53. The number of carbonyl (C=O) groups excluding carboxylic acids is 1. The summed E-state index contributed by atoms with van der Waals surface area (Å²) in [7, 11) is 1.55. The van der Waals surface area contributed by atoms with Crippen molar-refractivity contribution < 1.29 is 23.4 Å². The van der Waals surface area contributed by atoms with Gasteiger partial charge in [-0.25, -0.2) is 24.1 Å². The number of aryl methyl sites for hydroxylation is 1. The van der Waals surface area contributed by atoms with Crippen LogP contribution in [-0.4, -0.2) is 39.9 Å². The number of amides is 1. The molecule has 4 aromatic rings. The summed E-state index contributed by atoms with van der Waals surface area (Å²) in [4.78, 5) is 25.4. The Labute approximate surface area is 211 Å². The highest BCUT2D eigenvalue weighted by molar-refractivity contribution is 7.22. The topological polar surface area (TPSA) is 109 Å². The maximum absolute atomic E-state index is 15.2. The molecule has 2 aromatic heterocycles. The molecule has 2 aromatic carbocycles. The molecule has 0 saturated heterocycles. The smallest absolute Gasteiger partial charge is 0.404 e. The molecule has 188 valence electrons. The molecule has 0 fully saturated rings. The number of aromatic nitrogens is 3. The van der Waals surface area contributed by atoms with E-state index in [0.717, 1.165) is 15.8 Å². The van der Waals surface area contributed by atoms with Crippen LogP contribution in [0.5, 0.6) is 11.6 Å². The van der Waals surface area contributed by atoms with Gasteiger partial charge in [0, 0.05) is 23.6 Å². The van der Waals surface area contributed by atoms with Gasteiger partial charge in [-0.15, -0.1) is 11.3 Å². The first-order valence-corrected chi connectivity index (χ1v) is 12.5. The van der Waals surface area contributed by atoms with E-state index in [0.29, 0.717) is 45.8 Å². The first-order valence-electron chi connectivity index (χ1n) is 11.7. The van der Waals surface area contributed by atoms with Crippen LogP contribution in [0.3, 0.4) is 0 Å². The Morgan fingerprint density at radius 1 is 1.28 bits per heavy atom. The van der Waals surface area contributed by atoms with Gasteiger partial charge in [-0.1, -0.05) is 13.8 Å². The summed E-state index contributed by atoms with van der Waals surface area (Å²) in [6.45, 7) is 7.83. The molecule has 10 heteroatoms. The molecule has 0 bridgehead atoms. The lowest BCUT2D eigenvalue weighted by Crippen LogP contribution is -2.47. The zero-order chi connectivity index (χ0) is 25.8. The Kier molecular flexibility index (Phi) is 5.94. The van der Waals surface area contributed by atoms with Crippen LogP contribution in [0.2, 0.25) is 0 Å². The van der Waals surface area contributed by atoms with Crippen molar-refractivity contribution in [3.8, 4) is 22.2 Å². The van der Waals surface area contributed by atoms with E-state index in [4.69, 9.17) is 24.9 Å². The molecular weight excluding hydrogens is 483 g/mol. The minimum Gasteiger partial charge on any atom is -0.480 e. The number of nitrogens with zero attached hydrogens (tertiary/aromatic N) is 3. The highest BCUT2D eigenvalue weighted by Crippen LogP contribution is 2.47. The standard InChI is InChI=1S/C26H27FN4O4S/c1-12(2)6-19(34-25(28)32)26(4)10-15-22(35-26)16(27)9-18-23(15)36-24(31-18)14-7-13(3)8-17-21(14)29-11-20(30-17)33-5/h7-9,11-12,19H,6,10H2,1-5H3,(H2,28,32)/t19-,26-/m0/s1. The van der Waals surface area contributed by atoms with Crippen LogP contribution in [0.1, 0.15) is 38.3 Å². The van der Waals surface area contributed by atoms with E-state index in [-0.39, 0.29) is 11.7 Å². The number of benzene rings is 2. The van der Waals surface area contributed by atoms with Gasteiger partial charge in [0.15, 0.2) is 11.6 Å². The molecule has 5 rings (SSSR count). The Balaban J connectivity index is 1.61. The van der Waals surface area contributed by atoms with Gasteiger partial charge < -0.3 is 19.9 Å². The van der Waals surface area contributed by atoms with Gasteiger partial charge in [0.1, 0.15) is 16.7 Å². The van der Waals surface area contributed by atoms with E-state index in [2.05, 4.69) is 9.97 Å². The van der Waals surface area contributed by atoms with Crippen molar-refractivity contribution >= 4 is 38.7 Å². The summed E-state index contributed by atoms with van der Waals surface area (Å²) in [5, 5.41) is 0.701. The predicted octanol–water partition coefficient (Wildman–Crippen LogP) is 5.57. The van der Waals surface area contributed by atoms with Gasteiger partial charge in [0.2, 0.25) is 5.88 Å². The quantitative estimate of drug-likeness (QED) is 0.361. The molecule has 1 aliphatic rings. The van der Waals surface area contributed by atoms with Crippen molar-refractivity contribution in [2.45, 2.75) is 52.2 Å². The van der Waals surface area contributed by atoms with E-state index >= 15 is 4.39 Å². The van der Waals surface area contributed by atoms with Crippen LogP contribution in [0.4, 0.5) is 9.18 Å². The average Bonchev–Trinajstić information content (AvgIpc) is 3.39. The van der Waals surface area contributed by atoms with E-state index in [1.165, 1.54) is 17.4 Å². The van der Waals surface area contributed by atoms with Gasteiger partial charge in [-0.2, -0.15) is 0 Å². The summed E-state index contributed by atoms with van der Waals surface area (Å²) in [6, 6.07) is 5.32. The number of hydrogen-bond acceptors (Lipinski definition) is 8. The highest BCUT2D eigenvalue weighted by Gasteiger charge is 2.46. The number of hydrogen-bond donors (Lipinski definition) is 1. The molecule has 2 N–H and O–H groups in total. The van der Waals surface area contributed by atoms with E-state index in [1.54, 1.807) is 13.3 Å². The summed E-state index contributed by atoms with van der Waals surface area (Å²) in [6.07, 6.45) is 0.947. The van der Waals surface area contributed by atoms with Crippen LogP contribution in [0.15, 0.2) is 24.4 Å². The number of carbonyl (C=O) groups is 1. The van der Waals surface area contributed by atoms with Crippen molar-refractivity contribution in [2.75, 3.05) is 7.11 Å². The number of nitrogens with two attached hydrogens (primary N) is 1. The number of thiazole rings is 1. The molecule has 0 saturated carbocycles. The second-order valence-electron chi connectivity index (χ2n) is 9.77. The van der Waals surface area contributed by atoms with Crippen LogP contribution >= 0.6 is 11.3 Å². The second kappa shape index (κ2) is 8.85. The maximum atomic E-state index is 15.2. The summed E-state index contributed by atoms with van der Waals surface area (Å²) >= 11 is 1.45. The van der Waals surface area contributed by atoms with Gasteiger partial charge in [-0.05, 0) is 43.9 Å². The first kappa shape index (κ1) is 24.2. The molecule has 0 aliphatic carbocycles. The van der Waals surface area contributed by atoms with Crippen LogP contribution in [0.25, 0.3) is 31.8 Å². The van der Waals surface area contributed by atoms with Gasteiger partial charge in [-0.3, -0.25) is 0 Å². The molecule has 36 heavy (non-hydrogen) atoms. The fourth-order valence-electron chi connectivity index (χ4n) is 4.76. The zero-order valence-electron chi connectivity index (χ0n) is 20.7. The van der Waals surface area contributed by atoms with Crippen LogP contribution < -0.4 is 15.2 Å². The molecule has 3 heterocycles. The number of halogens is 1. The monoisotopic (exact) mass is 510 g/mol. The van der Waals surface area contributed by atoms with Crippen molar-refractivity contribution in [3.63, 3.8) is 0 Å². The van der Waals surface area contributed by atoms with Gasteiger partial charge in [0.25, 0.3) is 0 Å². The number of ether oxygens (including phenoxy) is 3.